The van der Waals surface area contributed by atoms with Gasteiger partial charge in [-0.3, -0.25) is 0 Å². The molecule has 1 heteroatoms. The lowest BCUT2D eigenvalue weighted by Crippen LogP contribution is -1.95. The Kier molecular flexibility index (Phi) is 10.5. The maximum Gasteiger partial charge on any atom is -0.0128 e. The molecule has 1 rings (SSSR count). The van der Waals surface area contributed by atoms with Crippen molar-refractivity contribution in [1.29, 1.82) is 0 Å². The van der Waals surface area contributed by atoms with E-state index in [9.17, 15) is 0 Å². The lowest BCUT2D eigenvalue weighted by molar-refractivity contribution is 0.707. The van der Waals surface area contributed by atoms with E-state index >= 15 is 0 Å². The average molecular weight is 318 g/mol. The standard InChI is InChI=1S/C21H35P/c1-4-7-10-19(11-8-5-2)21(12-9-6-3)20-15-13-18(17-22)14-16-20/h13-16H,4-12,17,22H2,1-3H3. The summed E-state index contributed by atoms with van der Waals surface area (Å²) >= 11 is 0. The summed E-state index contributed by atoms with van der Waals surface area (Å²) in [6, 6.07) is 9.29. The van der Waals surface area contributed by atoms with Gasteiger partial charge in [0.2, 0.25) is 0 Å². The van der Waals surface area contributed by atoms with Gasteiger partial charge in [-0.2, -0.15) is 0 Å². The highest BCUT2D eigenvalue weighted by atomic mass is 31.0. The van der Waals surface area contributed by atoms with Gasteiger partial charge in [-0.05, 0) is 61.4 Å². The van der Waals surface area contributed by atoms with Gasteiger partial charge in [0.25, 0.3) is 0 Å². The van der Waals surface area contributed by atoms with Gasteiger partial charge in [-0.15, -0.1) is 9.24 Å². The van der Waals surface area contributed by atoms with Crippen LogP contribution in [0.25, 0.3) is 5.57 Å². The minimum Gasteiger partial charge on any atom is -0.133 e. The summed E-state index contributed by atoms with van der Waals surface area (Å²) in [5, 5.41) is 0. The molecule has 0 N–H and O–H groups in total. The normalized spacial score (nSPS) is 10.7. The molecule has 0 saturated heterocycles. The van der Waals surface area contributed by atoms with E-state index in [2.05, 4.69) is 54.3 Å². The third kappa shape index (κ3) is 6.66. The van der Waals surface area contributed by atoms with Crippen molar-refractivity contribution in [3.8, 4) is 0 Å². The monoisotopic (exact) mass is 318 g/mol. The van der Waals surface area contributed by atoms with E-state index in [0.717, 1.165) is 6.16 Å². The summed E-state index contributed by atoms with van der Waals surface area (Å²) in [6.07, 6.45) is 12.7. The number of hydrogen-bond acceptors (Lipinski definition) is 0. The number of allylic oxidation sites excluding steroid dienone is 2. The van der Waals surface area contributed by atoms with Crippen LogP contribution in [0.1, 0.15) is 89.7 Å². The van der Waals surface area contributed by atoms with Crippen LogP contribution in [0.2, 0.25) is 0 Å². The Morgan fingerprint density at radius 2 is 1.27 bits per heavy atom. The minimum absolute atomic E-state index is 1.05. The van der Waals surface area contributed by atoms with Crippen LogP contribution in [0.5, 0.6) is 0 Å². The molecule has 0 nitrogen and oxygen atoms in total. The van der Waals surface area contributed by atoms with Crippen LogP contribution in [-0.4, -0.2) is 0 Å². The SMILES string of the molecule is CCCCC(CCCC)=C(CCCC)c1ccc(CP)cc1. The minimum atomic E-state index is 1.05. The Hall–Kier alpha value is -0.610. The summed E-state index contributed by atoms with van der Waals surface area (Å²) in [5.41, 5.74) is 6.26. The van der Waals surface area contributed by atoms with E-state index in [4.69, 9.17) is 0 Å². The molecule has 0 fully saturated rings. The maximum absolute atomic E-state index is 2.82. The molecule has 0 spiro atoms. The molecular weight excluding hydrogens is 283 g/mol. The molecule has 0 saturated carbocycles. The van der Waals surface area contributed by atoms with Crippen LogP contribution >= 0.6 is 9.24 Å². The fraction of sp³-hybridized carbons (Fsp3) is 0.619. The Bertz CT molecular complexity index is 418. The van der Waals surface area contributed by atoms with Crippen LogP contribution in [0.15, 0.2) is 29.8 Å². The van der Waals surface area contributed by atoms with Crippen LogP contribution in [-0.2, 0) is 6.16 Å². The van der Waals surface area contributed by atoms with Gasteiger partial charge in [-0.25, -0.2) is 0 Å². The predicted molar refractivity (Wildman–Crippen MR) is 105 cm³/mol. The number of rotatable bonds is 11. The van der Waals surface area contributed by atoms with Crippen molar-refractivity contribution in [2.24, 2.45) is 0 Å². The Balaban J connectivity index is 3.08. The molecule has 1 aromatic rings. The van der Waals surface area contributed by atoms with Gasteiger partial charge >= 0.3 is 0 Å². The first-order valence-electron chi connectivity index (χ1n) is 9.27. The summed E-state index contributed by atoms with van der Waals surface area (Å²) in [7, 11) is 2.82. The van der Waals surface area contributed by atoms with E-state index in [1.54, 1.807) is 11.1 Å². The maximum atomic E-state index is 2.82. The second-order valence-electron chi connectivity index (χ2n) is 6.29. The van der Waals surface area contributed by atoms with Gasteiger partial charge in [-0.1, -0.05) is 69.9 Å². The molecule has 0 aliphatic heterocycles. The second-order valence-corrected chi connectivity index (χ2v) is 6.70. The second kappa shape index (κ2) is 11.9. The number of benzene rings is 1. The zero-order valence-electron chi connectivity index (χ0n) is 15.0. The number of unbranched alkanes of at least 4 members (excludes halogenated alkanes) is 3. The smallest absolute Gasteiger partial charge is 0.0128 e. The molecule has 1 atom stereocenters. The van der Waals surface area contributed by atoms with Gasteiger partial charge < -0.3 is 0 Å². The molecule has 0 aromatic heterocycles. The summed E-state index contributed by atoms with van der Waals surface area (Å²) in [6.45, 7) is 6.90. The van der Waals surface area contributed by atoms with Crippen molar-refractivity contribution in [2.45, 2.75) is 84.7 Å². The van der Waals surface area contributed by atoms with Crippen molar-refractivity contribution < 1.29 is 0 Å². The van der Waals surface area contributed by atoms with Gasteiger partial charge in [0.1, 0.15) is 0 Å². The van der Waals surface area contributed by atoms with E-state index < -0.39 is 0 Å². The van der Waals surface area contributed by atoms with Crippen LogP contribution in [0.4, 0.5) is 0 Å². The highest BCUT2D eigenvalue weighted by molar-refractivity contribution is 7.15. The van der Waals surface area contributed by atoms with Crippen LogP contribution in [0, 0.1) is 0 Å². The van der Waals surface area contributed by atoms with Crippen molar-refractivity contribution in [3.05, 3.63) is 41.0 Å². The van der Waals surface area contributed by atoms with Gasteiger partial charge in [0.05, 0.1) is 0 Å². The zero-order valence-corrected chi connectivity index (χ0v) is 16.1. The van der Waals surface area contributed by atoms with E-state index in [1.807, 2.05) is 0 Å². The molecular formula is C21H35P. The molecule has 0 radical (unpaired) electrons. The first-order valence-corrected chi connectivity index (χ1v) is 10.1. The van der Waals surface area contributed by atoms with E-state index in [0.29, 0.717) is 0 Å². The summed E-state index contributed by atoms with van der Waals surface area (Å²) in [5.74, 6) is 0. The fourth-order valence-corrected chi connectivity index (χ4v) is 3.20. The highest BCUT2D eigenvalue weighted by Gasteiger charge is 2.09. The van der Waals surface area contributed by atoms with Crippen molar-refractivity contribution in [3.63, 3.8) is 0 Å². The highest BCUT2D eigenvalue weighted by Crippen LogP contribution is 2.31. The van der Waals surface area contributed by atoms with Crippen LogP contribution < -0.4 is 0 Å². The Morgan fingerprint density at radius 1 is 0.773 bits per heavy atom. The molecule has 124 valence electrons. The van der Waals surface area contributed by atoms with Crippen LogP contribution in [0.3, 0.4) is 0 Å². The molecule has 1 aromatic carbocycles. The molecule has 22 heavy (non-hydrogen) atoms. The lowest BCUT2D eigenvalue weighted by Gasteiger charge is -2.17. The summed E-state index contributed by atoms with van der Waals surface area (Å²) < 4.78 is 0. The fourth-order valence-electron chi connectivity index (χ4n) is 2.93. The lowest BCUT2D eigenvalue weighted by atomic mass is 9.89. The average Bonchev–Trinajstić information content (AvgIpc) is 2.57. The number of hydrogen-bond donors (Lipinski definition) is 0. The largest absolute Gasteiger partial charge is 0.133 e. The predicted octanol–water partition coefficient (Wildman–Crippen LogP) is 7.39. The van der Waals surface area contributed by atoms with Gasteiger partial charge in [0.15, 0.2) is 0 Å². The summed E-state index contributed by atoms with van der Waals surface area (Å²) in [4.78, 5) is 0. The topological polar surface area (TPSA) is 0 Å². The molecule has 0 aliphatic carbocycles. The third-order valence-electron chi connectivity index (χ3n) is 4.41. The Morgan fingerprint density at radius 3 is 1.73 bits per heavy atom. The quantitative estimate of drug-likeness (QED) is 0.373. The van der Waals surface area contributed by atoms with E-state index in [-0.39, 0.29) is 0 Å². The Labute approximate surface area is 141 Å². The molecule has 0 aliphatic rings. The van der Waals surface area contributed by atoms with Crippen molar-refractivity contribution in [1.82, 2.24) is 0 Å². The molecule has 1 unspecified atom stereocenters. The van der Waals surface area contributed by atoms with Crippen molar-refractivity contribution >= 4 is 14.8 Å². The van der Waals surface area contributed by atoms with E-state index in [1.165, 1.54) is 68.9 Å². The van der Waals surface area contributed by atoms with Crippen molar-refractivity contribution in [2.75, 3.05) is 0 Å². The molecule has 0 heterocycles. The first kappa shape index (κ1) is 19.4. The van der Waals surface area contributed by atoms with Gasteiger partial charge in [0, 0.05) is 0 Å². The molecule has 0 amide bonds. The first-order chi connectivity index (χ1) is 10.8. The molecule has 0 bridgehead atoms. The third-order valence-corrected chi connectivity index (χ3v) is 4.88. The zero-order chi connectivity index (χ0) is 16.2.